The zero-order valence-electron chi connectivity index (χ0n) is 13.9. The van der Waals surface area contributed by atoms with E-state index in [0.717, 1.165) is 5.56 Å². The second kappa shape index (κ2) is 7.04. The van der Waals surface area contributed by atoms with Crippen LogP contribution in [0.25, 0.3) is 0 Å². The van der Waals surface area contributed by atoms with Gasteiger partial charge in [-0.3, -0.25) is 4.79 Å². The summed E-state index contributed by atoms with van der Waals surface area (Å²) in [7, 11) is 0. The van der Waals surface area contributed by atoms with E-state index in [4.69, 9.17) is 5.84 Å². The van der Waals surface area contributed by atoms with Gasteiger partial charge in [-0.2, -0.15) is 0 Å². The number of carbonyl (C=O) groups is 1. The van der Waals surface area contributed by atoms with Crippen molar-refractivity contribution in [1.82, 2.24) is 19.8 Å². The highest BCUT2D eigenvalue weighted by atomic mass is 32.2. The molecule has 1 atom stereocenters. The van der Waals surface area contributed by atoms with Crippen molar-refractivity contribution in [2.24, 2.45) is 0 Å². The summed E-state index contributed by atoms with van der Waals surface area (Å²) in [6.07, 6.45) is 1.42. The predicted octanol–water partition coefficient (Wildman–Crippen LogP) is 2.30. The first-order valence-corrected chi connectivity index (χ1v) is 8.34. The fourth-order valence-electron chi connectivity index (χ4n) is 2.16. The molecule has 0 fully saturated rings. The lowest BCUT2D eigenvalue weighted by Gasteiger charge is -2.37. The molecule has 0 saturated carbocycles. The molecule has 0 unspecified atom stereocenters. The Kier molecular flexibility index (Phi) is 5.30. The third-order valence-corrected chi connectivity index (χ3v) is 4.49. The molecule has 0 aliphatic rings. The molecule has 6 nitrogen and oxygen atoms in total. The summed E-state index contributed by atoms with van der Waals surface area (Å²) in [5.74, 6) is 5.77. The van der Waals surface area contributed by atoms with Crippen LogP contribution >= 0.6 is 11.8 Å². The summed E-state index contributed by atoms with van der Waals surface area (Å²) < 4.78 is 1.33. The molecule has 0 radical (unpaired) electrons. The van der Waals surface area contributed by atoms with E-state index in [1.54, 1.807) is 0 Å². The molecule has 1 aromatic carbocycles. The average Bonchev–Trinajstić information content (AvgIpc) is 2.89. The Hall–Kier alpha value is -2.02. The summed E-state index contributed by atoms with van der Waals surface area (Å²) in [5, 5.41) is 7.89. The van der Waals surface area contributed by atoms with Gasteiger partial charge in [-0.25, -0.2) is 4.68 Å². The van der Waals surface area contributed by atoms with Crippen LogP contribution in [-0.4, -0.2) is 36.5 Å². The van der Waals surface area contributed by atoms with E-state index >= 15 is 0 Å². The smallest absolute Gasteiger partial charge is 0.236 e. The van der Waals surface area contributed by atoms with Crippen LogP contribution in [0.1, 0.15) is 33.3 Å². The standard InChI is InChI=1S/C16H23N5OS/c1-12(23-15-19-18-11-21(15)17)14(22)20(16(2,3)4)10-13-8-6-5-7-9-13/h5-9,11-12H,10,17H2,1-4H3/t12-/m1/s1. The van der Waals surface area contributed by atoms with E-state index in [9.17, 15) is 4.79 Å². The first-order valence-electron chi connectivity index (χ1n) is 7.46. The average molecular weight is 333 g/mol. The molecular weight excluding hydrogens is 310 g/mol. The number of aromatic nitrogens is 3. The van der Waals surface area contributed by atoms with Gasteiger partial charge in [-0.15, -0.1) is 10.2 Å². The highest BCUT2D eigenvalue weighted by molar-refractivity contribution is 8.00. The van der Waals surface area contributed by atoms with Gasteiger partial charge < -0.3 is 10.7 Å². The van der Waals surface area contributed by atoms with Gasteiger partial charge in [0.2, 0.25) is 11.1 Å². The van der Waals surface area contributed by atoms with E-state index < -0.39 is 0 Å². The Bertz CT molecular complexity index is 650. The minimum absolute atomic E-state index is 0.0503. The van der Waals surface area contributed by atoms with Crippen molar-refractivity contribution in [3.8, 4) is 0 Å². The van der Waals surface area contributed by atoms with Crippen molar-refractivity contribution < 1.29 is 4.79 Å². The molecule has 124 valence electrons. The Morgan fingerprint density at radius 1 is 1.35 bits per heavy atom. The maximum atomic E-state index is 12.9. The summed E-state index contributed by atoms with van der Waals surface area (Å²) in [5.41, 5.74) is 0.827. The normalized spacial score (nSPS) is 12.9. The quantitative estimate of drug-likeness (QED) is 0.671. The molecule has 0 saturated heterocycles. The molecule has 1 heterocycles. The lowest BCUT2D eigenvalue weighted by molar-refractivity contribution is -0.135. The highest BCUT2D eigenvalue weighted by Crippen LogP contribution is 2.26. The summed E-state index contributed by atoms with van der Waals surface area (Å²) in [6, 6.07) is 9.99. The van der Waals surface area contributed by atoms with E-state index in [0.29, 0.717) is 11.7 Å². The summed E-state index contributed by atoms with van der Waals surface area (Å²) >= 11 is 1.31. The molecule has 2 N–H and O–H groups in total. The topological polar surface area (TPSA) is 77.0 Å². The minimum Gasteiger partial charge on any atom is -0.336 e. The number of nitrogens with two attached hydrogens (primary N) is 1. The molecule has 0 spiro atoms. The molecule has 7 heteroatoms. The van der Waals surface area contributed by atoms with Gasteiger partial charge in [-0.05, 0) is 33.3 Å². The number of hydrogen-bond acceptors (Lipinski definition) is 5. The van der Waals surface area contributed by atoms with Gasteiger partial charge in [0.05, 0.1) is 5.25 Å². The van der Waals surface area contributed by atoms with Crippen LogP contribution in [0.4, 0.5) is 0 Å². The van der Waals surface area contributed by atoms with E-state index in [-0.39, 0.29) is 16.7 Å². The predicted molar refractivity (Wildman–Crippen MR) is 92.2 cm³/mol. The Labute approximate surface area is 141 Å². The van der Waals surface area contributed by atoms with Crippen LogP contribution in [0.15, 0.2) is 41.8 Å². The molecule has 2 rings (SSSR count). The molecule has 1 amide bonds. The molecule has 0 aliphatic carbocycles. The van der Waals surface area contributed by atoms with E-state index in [1.807, 2.05) is 62.9 Å². The lowest BCUT2D eigenvalue weighted by Crippen LogP contribution is -2.48. The molecular formula is C16H23N5OS. The highest BCUT2D eigenvalue weighted by Gasteiger charge is 2.31. The fourth-order valence-corrected chi connectivity index (χ4v) is 2.96. The number of thioether (sulfide) groups is 1. The first kappa shape index (κ1) is 17.3. The van der Waals surface area contributed by atoms with Gasteiger partial charge in [0.1, 0.15) is 6.33 Å². The van der Waals surface area contributed by atoms with Crippen molar-refractivity contribution in [2.75, 3.05) is 5.84 Å². The van der Waals surface area contributed by atoms with Crippen molar-refractivity contribution >= 4 is 17.7 Å². The number of nitrogen functional groups attached to an aromatic ring is 1. The molecule has 23 heavy (non-hydrogen) atoms. The van der Waals surface area contributed by atoms with Crippen LogP contribution in [0.3, 0.4) is 0 Å². The second-order valence-corrected chi connectivity index (χ2v) is 7.67. The minimum atomic E-state index is -0.301. The summed E-state index contributed by atoms with van der Waals surface area (Å²) in [4.78, 5) is 14.8. The number of nitrogens with zero attached hydrogens (tertiary/aromatic N) is 4. The number of hydrogen-bond donors (Lipinski definition) is 1. The van der Waals surface area contributed by atoms with Crippen molar-refractivity contribution in [1.29, 1.82) is 0 Å². The third kappa shape index (κ3) is 4.48. The van der Waals surface area contributed by atoms with Crippen molar-refractivity contribution in [3.05, 3.63) is 42.2 Å². The van der Waals surface area contributed by atoms with E-state index in [1.165, 1.54) is 22.8 Å². The number of benzene rings is 1. The van der Waals surface area contributed by atoms with Gasteiger partial charge in [-0.1, -0.05) is 42.1 Å². The van der Waals surface area contributed by atoms with Crippen molar-refractivity contribution in [2.45, 2.75) is 50.2 Å². The Balaban J connectivity index is 2.15. The van der Waals surface area contributed by atoms with Crippen LogP contribution in [-0.2, 0) is 11.3 Å². The van der Waals surface area contributed by atoms with Crippen molar-refractivity contribution in [3.63, 3.8) is 0 Å². The third-order valence-electron chi connectivity index (χ3n) is 3.43. The largest absolute Gasteiger partial charge is 0.336 e. The van der Waals surface area contributed by atoms with Gasteiger partial charge >= 0.3 is 0 Å². The number of carbonyl (C=O) groups excluding carboxylic acids is 1. The molecule has 1 aromatic heterocycles. The van der Waals surface area contributed by atoms with Gasteiger partial charge in [0.15, 0.2) is 0 Å². The van der Waals surface area contributed by atoms with Gasteiger partial charge in [0, 0.05) is 12.1 Å². The van der Waals surface area contributed by atoms with E-state index in [2.05, 4.69) is 10.2 Å². The maximum Gasteiger partial charge on any atom is 0.236 e. The monoisotopic (exact) mass is 333 g/mol. The first-order chi connectivity index (χ1) is 10.8. The second-order valence-electron chi connectivity index (χ2n) is 6.36. The van der Waals surface area contributed by atoms with Gasteiger partial charge in [0.25, 0.3) is 0 Å². The Morgan fingerprint density at radius 3 is 2.52 bits per heavy atom. The fraction of sp³-hybridized carbons (Fsp3) is 0.438. The molecule has 0 aliphatic heterocycles. The van der Waals surface area contributed by atoms with Crippen LogP contribution in [0, 0.1) is 0 Å². The number of rotatable bonds is 5. The van der Waals surface area contributed by atoms with Crippen LogP contribution in [0.2, 0.25) is 0 Å². The maximum absolute atomic E-state index is 12.9. The zero-order chi connectivity index (χ0) is 17.0. The van der Waals surface area contributed by atoms with Crippen LogP contribution < -0.4 is 5.84 Å². The Morgan fingerprint density at radius 2 is 2.00 bits per heavy atom. The lowest BCUT2D eigenvalue weighted by atomic mass is 10.0. The zero-order valence-corrected chi connectivity index (χ0v) is 14.7. The summed E-state index contributed by atoms with van der Waals surface area (Å²) in [6.45, 7) is 8.55. The molecule has 0 bridgehead atoms. The van der Waals surface area contributed by atoms with Crippen LogP contribution in [0.5, 0.6) is 0 Å². The number of amides is 1. The SMILES string of the molecule is C[C@@H](Sc1nncn1N)C(=O)N(Cc1ccccc1)C(C)(C)C. The molecule has 2 aromatic rings.